The number of nitrogens with two attached hydrogens (primary N) is 1. The van der Waals surface area contributed by atoms with Crippen LogP contribution in [-0.2, 0) is 4.79 Å². The minimum atomic E-state index is -0.444. The molecule has 0 fully saturated rings. The predicted molar refractivity (Wildman–Crippen MR) is 79.4 cm³/mol. The Kier molecular flexibility index (Phi) is 6.36. The molecule has 0 saturated carbocycles. The minimum absolute atomic E-state index is 0. The van der Waals surface area contributed by atoms with Crippen molar-refractivity contribution in [2.45, 2.75) is 33.7 Å². The van der Waals surface area contributed by atoms with Crippen LogP contribution >= 0.6 is 12.4 Å². The Morgan fingerprint density at radius 2 is 1.61 bits per heavy atom. The maximum atomic E-state index is 12.1. The van der Waals surface area contributed by atoms with Crippen LogP contribution in [0.4, 0.5) is 5.69 Å². The number of carbonyl (C=O) groups excluding carboxylic acids is 1. The van der Waals surface area contributed by atoms with Gasteiger partial charge >= 0.3 is 0 Å². The monoisotopic (exact) mass is 270 g/mol. The number of anilines is 1. The van der Waals surface area contributed by atoms with Gasteiger partial charge in [0.15, 0.2) is 0 Å². The molecule has 2 N–H and O–H groups in total. The second-order valence-corrected chi connectivity index (χ2v) is 5.01. The van der Waals surface area contributed by atoms with E-state index < -0.39 is 6.04 Å². The van der Waals surface area contributed by atoms with Crippen LogP contribution in [0.1, 0.15) is 25.0 Å². The first-order chi connectivity index (χ1) is 7.82. The highest BCUT2D eigenvalue weighted by atomic mass is 35.5. The van der Waals surface area contributed by atoms with Crippen molar-refractivity contribution < 1.29 is 4.79 Å². The maximum Gasteiger partial charge on any atom is 0.243 e. The number of hydrogen-bond acceptors (Lipinski definition) is 2. The summed E-state index contributed by atoms with van der Waals surface area (Å²) in [5.41, 5.74) is 9.09. The van der Waals surface area contributed by atoms with Gasteiger partial charge in [-0.15, -0.1) is 12.4 Å². The summed E-state index contributed by atoms with van der Waals surface area (Å²) < 4.78 is 0. The van der Waals surface area contributed by atoms with Crippen molar-refractivity contribution in [2.24, 2.45) is 11.7 Å². The lowest BCUT2D eigenvalue weighted by atomic mass is 10.0. The lowest BCUT2D eigenvalue weighted by molar-refractivity contribution is -0.120. The van der Waals surface area contributed by atoms with Gasteiger partial charge in [-0.2, -0.15) is 0 Å². The number of nitrogens with zero attached hydrogens (tertiary/aromatic N) is 1. The zero-order valence-corrected chi connectivity index (χ0v) is 12.5. The number of benzene rings is 1. The van der Waals surface area contributed by atoms with Crippen LogP contribution < -0.4 is 10.6 Å². The van der Waals surface area contributed by atoms with Gasteiger partial charge in [0.1, 0.15) is 0 Å². The number of amides is 1. The number of rotatable bonds is 3. The number of likely N-dealkylation sites (N-methyl/N-ethyl adjacent to an activating group) is 1. The molecule has 1 aromatic carbocycles. The highest BCUT2D eigenvalue weighted by Crippen LogP contribution is 2.18. The number of hydrogen-bond donors (Lipinski definition) is 1. The van der Waals surface area contributed by atoms with E-state index in [1.807, 2.05) is 39.8 Å². The summed E-state index contributed by atoms with van der Waals surface area (Å²) in [7, 11) is 1.78. The fourth-order valence-corrected chi connectivity index (χ4v) is 1.78. The van der Waals surface area contributed by atoms with Gasteiger partial charge in [0.05, 0.1) is 6.04 Å². The van der Waals surface area contributed by atoms with Crippen molar-refractivity contribution in [3.05, 3.63) is 29.3 Å². The molecule has 18 heavy (non-hydrogen) atoms. The Morgan fingerprint density at radius 1 is 1.17 bits per heavy atom. The molecule has 0 aromatic heterocycles. The van der Waals surface area contributed by atoms with E-state index in [9.17, 15) is 4.79 Å². The molecule has 1 rings (SSSR count). The average molecular weight is 271 g/mol. The molecule has 3 nitrogen and oxygen atoms in total. The fraction of sp³-hybridized carbons (Fsp3) is 0.500. The second kappa shape index (κ2) is 6.76. The van der Waals surface area contributed by atoms with Crippen molar-refractivity contribution >= 4 is 24.0 Å². The summed E-state index contributed by atoms with van der Waals surface area (Å²) in [5.74, 6) is 0.112. The molecule has 0 aliphatic rings. The Balaban J connectivity index is 0.00000289. The van der Waals surface area contributed by atoms with E-state index in [1.165, 1.54) is 0 Å². The molecule has 0 heterocycles. The third-order valence-electron chi connectivity index (χ3n) is 2.93. The van der Waals surface area contributed by atoms with Crippen LogP contribution in [0.3, 0.4) is 0 Å². The van der Waals surface area contributed by atoms with E-state index in [0.717, 1.165) is 16.8 Å². The molecule has 0 unspecified atom stereocenters. The van der Waals surface area contributed by atoms with Crippen molar-refractivity contribution in [3.8, 4) is 0 Å². The summed E-state index contributed by atoms with van der Waals surface area (Å²) in [6.07, 6.45) is 0. The lowest BCUT2D eigenvalue weighted by Gasteiger charge is -2.24. The zero-order valence-electron chi connectivity index (χ0n) is 11.7. The summed E-state index contributed by atoms with van der Waals surface area (Å²) in [6.45, 7) is 7.96. The topological polar surface area (TPSA) is 46.3 Å². The molecular weight excluding hydrogens is 248 g/mol. The van der Waals surface area contributed by atoms with Crippen molar-refractivity contribution in [2.75, 3.05) is 11.9 Å². The molecule has 0 aliphatic heterocycles. The summed E-state index contributed by atoms with van der Waals surface area (Å²) in [4.78, 5) is 13.8. The van der Waals surface area contributed by atoms with Gasteiger partial charge in [0, 0.05) is 12.7 Å². The lowest BCUT2D eigenvalue weighted by Crippen LogP contribution is -2.45. The summed E-state index contributed by atoms with van der Waals surface area (Å²) in [6, 6.07) is 5.64. The second-order valence-electron chi connectivity index (χ2n) is 5.01. The molecule has 0 aliphatic carbocycles. The van der Waals surface area contributed by atoms with Crippen molar-refractivity contribution in [1.82, 2.24) is 0 Å². The highest BCUT2D eigenvalue weighted by molar-refractivity contribution is 5.96. The van der Waals surface area contributed by atoms with Crippen LogP contribution in [-0.4, -0.2) is 19.0 Å². The fourth-order valence-electron chi connectivity index (χ4n) is 1.78. The first kappa shape index (κ1) is 16.9. The van der Waals surface area contributed by atoms with Crippen LogP contribution in [0.15, 0.2) is 18.2 Å². The van der Waals surface area contributed by atoms with Gasteiger partial charge in [-0.25, -0.2) is 0 Å². The average Bonchev–Trinajstić information content (AvgIpc) is 2.24. The van der Waals surface area contributed by atoms with E-state index in [0.29, 0.717) is 0 Å². The molecule has 1 aromatic rings. The van der Waals surface area contributed by atoms with Crippen molar-refractivity contribution in [3.63, 3.8) is 0 Å². The summed E-state index contributed by atoms with van der Waals surface area (Å²) in [5, 5.41) is 0. The number of carbonyl (C=O) groups is 1. The van der Waals surface area contributed by atoms with E-state index in [2.05, 4.69) is 6.07 Å². The molecule has 0 spiro atoms. The third kappa shape index (κ3) is 4.00. The standard InChI is InChI=1S/C14H22N2O.ClH/c1-9(2)13(15)14(17)16(5)12-7-10(3)6-11(4)8-12;/h6-9,13H,15H2,1-5H3;1H/t13-;/m1./s1. The Bertz CT molecular complexity index is 398. The molecule has 1 atom stereocenters. The Morgan fingerprint density at radius 3 is 2.00 bits per heavy atom. The SMILES string of the molecule is Cc1cc(C)cc(N(C)C(=O)[C@H](N)C(C)C)c1.Cl. The minimum Gasteiger partial charge on any atom is -0.320 e. The van der Waals surface area contributed by atoms with Crippen LogP contribution in [0, 0.1) is 19.8 Å². The van der Waals surface area contributed by atoms with Crippen LogP contribution in [0.25, 0.3) is 0 Å². The molecule has 0 bridgehead atoms. The summed E-state index contributed by atoms with van der Waals surface area (Å²) >= 11 is 0. The first-order valence-electron chi connectivity index (χ1n) is 5.94. The zero-order chi connectivity index (χ0) is 13.2. The molecule has 4 heteroatoms. The van der Waals surface area contributed by atoms with Gasteiger partial charge in [-0.05, 0) is 43.0 Å². The predicted octanol–water partition coefficient (Wildman–Crippen LogP) is 2.67. The normalized spacial score (nSPS) is 11.9. The first-order valence-corrected chi connectivity index (χ1v) is 5.94. The maximum absolute atomic E-state index is 12.1. The third-order valence-corrected chi connectivity index (χ3v) is 2.93. The van der Waals surface area contributed by atoms with Crippen LogP contribution in [0.2, 0.25) is 0 Å². The van der Waals surface area contributed by atoms with Crippen molar-refractivity contribution in [1.29, 1.82) is 0 Å². The number of halogens is 1. The quantitative estimate of drug-likeness (QED) is 0.918. The molecule has 1 amide bonds. The molecule has 0 saturated heterocycles. The molecular formula is C14H23ClN2O. The molecule has 0 radical (unpaired) electrons. The van der Waals surface area contributed by atoms with E-state index >= 15 is 0 Å². The Hall–Kier alpha value is -1.06. The van der Waals surface area contributed by atoms with Gasteiger partial charge < -0.3 is 10.6 Å². The number of aryl methyl sites for hydroxylation is 2. The smallest absolute Gasteiger partial charge is 0.243 e. The van der Waals surface area contributed by atoms with Gasteiger partial charge in [0.25, 0.3) is 0 Å². The Labute approximate surface area is 116 Å². The van der Waals surface area contributed by atoms with Crippen LogP contribution in [0.5, 0.6) is 0 Å². The highest BCUT2D eigenvalue weighted by Gasteiger charge is 2.22. The van der Waals surface area contributed by atoms with E-state index in [4.69, 9.17) is 5.73 Å². The van der Waals surface area contributed by atoms with Gasteiger partial charge in [-0.3, -0.25) is 4.79 Å². The van der Waals surface area contributed by atoms with Gasteiger partial charge in [0.2, 0.25) is 5.91 Å². The molecule has 102 valence electrons. The van der Waals surface area contributed by atoms with Gasteiger partial charge in [-0.1, -0.05) is 19.9 Å². The van der Waals surface area contributed by atoms with E-state index in [1.54, 1.807) is 11.9 Å². The largest absolute Gasteiger partial charge is 0.320 e. The van der Waals surface area contributed by atoms with E-state index in [-0.39, 0.29) is 24.2 Å².